The van der Waals surface area contributed by atoms with Crippen molar-refractivity contribution < 1.29 is 13.9 Å². The van der Waals surface area contributed by atoms with Crippen molar-refractivity contribution in [2.75, 3.05) is 5.75 Å². The van der Waals surface area contributed by atoms with E-state index in [1.807, 2.05) is 16.8 Å². The minimum absolute atomic E-state index is 0.0269. The summed E-state index contributed by atoms with van der Waals surface area (Å²) in [5, 5.41) is 15.1. The van der Waals surface area contributed by atoms with Gasteiger partial charge in [0.1, 0.15) is 17.7 Å². The zero-order chi connectivity index (χ0) is 18.1. The van der Waals surface area contributed by atoms with Crippen molar-refractivity contribution in [3.05, 3.63) is 93.4 Å². The first-order valence-corrected chi connectivity index (χ1v) is 10.0. The van der Waals surface area contributed by atoms with Crippen molar-refractivity contribution >= 4 is 28.0 Å². The Balaban J connectivity index is 1.86. The van der Waals surface area contributed by atoms with Crippen molar-refractivity contribution in [3.63, 3.8) is 0 Å². The Labute approximate surface area is 158 Å². The molecule has 1 aliphatic rings. The van der Waals surface area contributed by atoms with Gasteiger partial charge in [0, 0.05) is 46.2 Å². The topological polar surface area (TPSA) is 33.1 Å². The summed E-state index contributed by atoms with van der Waals surface area (Å²) in [6.45, 7) is 0. The molecule has 2 atom stereocenters. The molecule has 0 fully saturated rings. The van der Waals surface area contributed by atoms with Gasteiger partial charge in [-0.15, -0.1) is 11.8 Å². The molecule has 1 aromatic carbocycles. The van der Waals surface area contributed by atoms with E-state index in [1.54, 1.807) is 35.9 Å². The lowest BCUT2D eigenvalue weighted by Gasteiger charge is -2.20. The molecule has 0 aliphatic carbocycles. The minimum atomic E-state index is -0.900. The maximum Gasteiger partial charge on any atom is 0.134 e. The predicted molar refractivity (Wildman–Crippen MR) is 102 cm³/mol. The molecular formula is C20H15F2NOS2. The fourth-order valence-electron chi connectivity index (χ4n) is 3.19. The molecule has 1 aliphatic heterocycles. The Morgan fingerprint density at radius 2 is 2.08 bits per heavy atom. The molecule has 2 nitrogen and oxygen atoms in total. The van der Waals surface area contributed by atoms with Gasteiger partial charge in [-0.1, -0.05) is 6.07 Å². The number of halogens is 2. The van der Waals surface area contributed by atoms with Crippen molar-refractivity contribution in [2.45, 2.75) is 12.0 Å². The van der Waals surface area contributed by atoms with Crippen molar-refractivity contribution in [3.8, 4) is 0 Å². The Morgan fingerprint density at radius 3 is 2.77 bits per heavy atom. The van der Waals surface area contributed by atoms with Crippen LogP contribution >= 0.6 is 23.1 Å². The molecule has 0 radical (unpaired) electrons. The van der Waals surface area contributed by atoms with E-state index in [2.05, 4.69) is 4.98 Å². The zero-order valence-electron chi connectivity index (χ0n) is 13.6. The molecule has 132 valence electrons. The summed E-state index contributed by atoms with van der Waals surface area (Å²) in [6.07, 6.45) is 2.36. The van der Waals surface area contributed by atoms with Gasteiger partial charge in [-0.25, -0.2) is 8.78 Å². The molecule has 0 bridgehead atoms. The van der Waals surface area contributed by atoms with Crippen molar-refractivity contribution in [1.29, 1.82) is 0 Å². The van der Waals surface area contributed by atoms with E-state index >= 15 is 0 Å². The number of pyridine rings is 1. The summed E-state index contributed by atoms with van der Waals surface area (Å²) in [4.78, 5) is 4.76. The first-order chi connectivity index (χ1) is 12.6. The highest BCUT2D eigenvalue weighted by molar-refractivity contribution is 8.08. The van der Waals surface area contributed by atoms with E-state index < -0.39 is 17.7 Å². The lowest BCUT2D eigenvalue weighted by Crippen LogP contribution is -2.10. The molecule has 3 aromatic rings. The average Bonchev–Trinajstić information content (AvgIpc) is 3.31. The molecule has 0 saturated carbocycles. The van der Waals surface area contributed by atoms with Crippen LogP contribution in [0.15, 0.2) is 65.1 Å². The highest BCUT2D eigenvalue weighted by Gasteiger charge is 2.34. The number of hydrogen-bond donors (Lipinski definition) is 1. The summed E-state index contributed by atoms with van der Waals surface area (Å²) in [7, 11) is 0. The number of thiophene rings is 1. The van der Waals surface area contributed by atoms with Gasteiger partial charge in [0.15, 0.2) is 0 Å². The van der Waals surface area contributed by atoms with Gasteiger partial charge in [-0.05, 0) is 46.2 Å². The van der Waals surface area contributed by atoms with Crippen LogP contribution in [0.2, 0.25) is 0 Å². The number of aromatic nitrogens is 1. The minimum Gasteiger partial charge on any atom is -0.384 e. The molecule has 2 aromatic heterocycles. The number of rotatable bonds is 4. The second kappa shape index (κ2) is 7.31. The molecule has 1 N–H and O–H groups in total. The SMILES string of the molecule is OC(C1=C(c2ccc(F)cc2F)SCC1c1ccsc1)c1cccnc1. The monoisotopic (exact) mass is 387 g/mol. The number of nitrogens with zero attached hydrogens (tertiary/aromatic N) is 1. The predicted octanol–water partition coefficient (Wildman–Crippen LogP) is 5.40. The van der Waals surface area contributed by atoms with Crippen LogP contribution in [0.25, 0.3) is 4.91 Å². The lowest BCUT2D eigenvalue weighted by atomic mass is 9.87. The fraction of sp³-hybridized carbons (Fsp3) is 0.150. The molecule has 0 spiro atoms. The summed E-state index contributed by atoms with van der Waals surface area (Å²) in [6, 6.07) is 9.16. The summed E-state index contributed by atoms with van der Waals surface area (Å²) >= 11 is 3.08. The third-order valence-corrected chi connectivity index (χ3v) is 6.39. The maximum atomic E-state index is 14.4. The Hall–Kier alpha value is -2.02. The second-order valence-electron chi connectivity index (χ2n) is 6.02. The first kappa shape index (κ1) is 17.4. The maximum absolute atomic E-state index is 14.4. The molecule has 26 heavy (non-hydrogen) atoms. The van der Waals surface area contributed by atoms with Crippen LogP contribution in [-0.2, 0) is 0 Å². The van der Waals surface area contributed by atoms with Gasteiger partial charge in [0.25, 0.3) is 0 Å². The van der Waals surface area contributed by atoms with E-state index in [1.165, 1.54) is 23.9 Å². The molecule has 0 saturated heterocycles. The van der Waals surface area contributed by atoms with E-state index in [-0.39, 0.29) is 5.92 Å². The first-order valence-electron chi connectivity index (χ1n) is 8.07. The van der Waals surface area contributed by atoms with Gasteiger partial charge in [-0.2, -0.15) is 11.3 Å². The van der Waals surface area contributed by atoms with Crippen LogP contribution in [0, 0.1) is 11.6 Å². The number of hydrogen-bond acceptors (Lipinski definition) is 4. The fourth-order valence-corrected chi connectivity index (χ4v) is 5.35. The van der Waals surface area contributed by atoms with Gasteiger partial charge in [-0.3, -0.25) is 4.98 Å². The third-order valence-electron chi connectivity index (χ3n) is 4.45. The van der Waals surface area contributed by atoms with E-state index in [0.717, 1.165) is 17.2 Å². The van der Waals surface area contributed by atoms with Crippen LogP contribution in [0.1, 0.15) is 28.7 Å². The van der Waals surface area contributed by atoms with E-state index in [9.17, 15) is 13.9 Å². The zero-order valence-corrected chi connectivity index (χ0v) is 15.2. The number of benzene rings is 1. The molecule has 4 rings (SSSR count). The number of aliphatic hydroxyl groups is 1. The molecule has 3 heterocycles. The highest BCUT2D eigenvalue weighted by atomic mass is 32.2. The Kier molecular flexibility index (Phi) is 4.89. The highest BCUT2D eigenvalue weighted by Crippen LogP contribution is 2.52. The van der Waals surface area contributed by atoms with Crippen LogP contribution in [0.5, 0.6) is 0 Å². The van der Waals surface area contributed by atoms with Crippen LogP contribution in [-0.4, -0.2) is 15.8 Å². The Bertz CT molecular complexity index is 942. The van der Waals surface area contributed by atoms with Crippen LogP contribution < -0.4 is 0 Å². The summed E-state index contributed by atoms with van der Waals surface area (Å²) in [5.41, 5.74) is 2.82. The molecule has 6 heteroatoms. The largest absolute Gasteiger partial charge is 0.384 e. The number of aliphatic hydroxyl groups excluding tert-OH is 1. The smallest absolute Gasteiger partial charge is 0.134 e. The number of thioether (sulfide) groups is 1. The normalized spacial score (nSPS) is 18.3. The third kappa shape index (κ3) is 3.20. The summed E-state index contributed by atoms with van der Waals surface area (Å²) < 4.78 is 27.8. The van der Waals surface area contributed by atoms with Gasteiger partial charge in [0.05, 0.1) is 0 Å². The molecule has 0 amide bonds. The quantitative estimate of drug-likeness (QED) is 0.651. The standard InChI is InChI=1S/C20H15F2NOS2/c21-14-3-4-15(17(22)8-14)20-18(19(24)12-2-1-6-23-9-12)16(11-26-20)13-5-7-25-10-13/h1-10,16,19,24H,11H2. The van der Waals surface area contributed by atoms with Crippen LogP contribution in [0.4, 0.5) is 8.78 Å². The molecular weight excluding hydrogens is 372 g/mol. The second-order valence-corrected chi connectivity index (χ2v) is 7.83. The van der Waals surface area contributed by atoms with E-state index in [4.69, 9.17) is 0 Å². The van der Waals surface area contributed by atoms with Crippen LogP contribution in [0.3, 0.4) is 0 Å². The summed E-state index contributed by atoms with van der Waals surface area (Å²) in [5.74, 6) is -0.552. The molecule has 2 unspecified atom stereocenters. The van der Waals surface area contributed by atoms with Gasteiger partial charge in [0.2, 0.25) is 0 Å². The van der Waals surface area contributed by atoms with Gasteiger partial charge < -0.3 is 5.11 Å². The lowest BCUT2D eigenvalue weighted by molar-refractivity contribution is 0.210. The van der Waals surface area contributed by atoms with Crippen molar-refractivity contribution in [1.82, 2.24) is 4.98 Å². The van der Waals surface area contributed by atoms with Gasteiger partial charge >= 0.3 is 0 Å². The van der Waals surface area contributed by atoms with Crippen molar-refractivity contribution in [2.24, 2.45) is 0 Å². The van der Waals surface area contributed by atoms with E-state index in [0.29, 0.717) is 21.8 Å². The Morgan fingerprint density at radius 1 is 1.19 bits per heavy atom. The average molecular weight is 387 g/mol.